The number of aliphatic carboxylic acids is 1. The molecular formula is C30H28F2N2O5. The summed E-state index contributed by atoms with van der Waals surface area (Å²) < 4.78 is 38.5. The summed E-state index contributed by atoms with van der Waals surface area (Å²) in [5.74, 6) is -2.79. The van der Waals surface area contributed by atoms with E-state index in [1.165, 1.54) is 49.6 Å². The number of methoxy groups -OCH3 is 1. The lowest BCUT2D eigenvalue weighted by atomic mass is 9.66. The van der Waals surface area contributed by atoms with E-state index in [0.717, 1.165) is 13.0 Å². The Hall–Kier alpha value is -4.29. The number of hydrogen-bond acceptors (Lipinski definition) is 6. The molecule has 0 aromatic heterocycles. The molecule has 0 amide bonds. The normalized spacial score (nSPS) is 15.5. The first-order valence-corrected chi connectivity index (χ1v) is 12.5. The quantitative estimate of drug-likeness (QED) is 0.213. The third-order valence-corrected chi connectivity index (χ3v) is 7.16. The Morgan fingerprint density at radius 2 is 1.64 bits per heavy atom. The van der Waals surface area contributed by atoms with Crippen molar-refractivity contribution < 1.29 is 33.0 Å². The highest BCUT2D eigenvalue weighted by atomic mass is 19.1. The van der Waals surface area contributed by atoms with Gasteiger partial charge in [-0.1, -0.05) is 24.3 Å². The number of benzene rings is 3. The van der Waals surface area contributed by atoms with Crippen LogP contribution >= 0.6 is 0 Å². The Morgan fingerprint density at radius 1 is 1.03 bits per heavy atom. The van der Waals surface area contributed by atoms with Crippen molar-refractivity contribution in [1.29, 1.82) is 5.26 Å². The number of carboxylic acids is 1. The van der Waals surface area contributed by atoms with Crippen LogP contribution in [-0.4, -0.2) is 55.1 Å². The van der Waals surface area contributed by atoms with Crippen LogP contribution < -0.4 is 9.47 Å². The summed E-state index contributed by atoms with van der Waals surface area (Å²) in [6.07, 6.45) is 1.40. The molecule has 9 heteroatoms. The number of ether oxygens (including phenoxy) is 2. The summed E-state index contributed by atoms with van der Waals surface area (Å²) in [6.45, 7) is 2.43. The van der Waals surface area contributed by atoms with Crippen LogP contribution in [0.1, 0.15) is 34.3 Å². The lowest BCUT2D eigenvalue weighted by molar-refractivity contribution is -0.131. The highest BCUT2D eigenvalue weighted by molar-refractivity contribution is 6.39. The maximum absolute atomic E-state index is 13.7. The van der Waals surface area contributed by atoms with Gasteiger partial charge in [0.25, 0.3) is 5.78 Å². The third-order valence-electron chi connectivity index (χ3n) is 7.16. The number of carbonyl (C=O) groups is 2. The predicted molar refractivity (Wildman–Crippen MR) is 139 cm³/mol. The Morgan fingerprint density at radius 3 is 2.18 bits per heavy atom. The number of carbonyl (C=O) groups excluding carboxylic acids is 1. The van der Waals surface area contributed by atoms with Crippen LogP contribution in [0.5, 0.6) is 11.5 Å². The van der Waals surface area contributed by atoms with Crippen molar-refractivity contribution in [2.45, 2.75) is 18.3 Å². The van der Waals surface area contributed by atoms with Crippen LogP contribution in [0.4, 0.5) is 8.78 Å². The molecule has 0 bridgehead atoms. The molecule has 39 heavy (non-hydrogen) atoms. The largest absolute Gasteiger partial charge is 0.493 e. The summed E-state index contributed by atoms with van der Waals surface area (Å²) in [5.41, 5.74) is 0.281. The van der Waals surface area contributed by atoms with E-state index >= 15 is 0 Å². The van der Waals surface area contributed by atoms with Crippen LogP contribution in [0.15, 0.2) is 66.7 Å². The Labute approximate surface area is 225 Å². The minimum Gasteiger partial charge on any atom is -0.493 e. The van der Waals surface area contributed by atoms with E-state index < -0.39 is 28.8 Å². The Balaban J connectivity index is 1.42. The molecule has 7 nitrogen and oxygen atoms in total. The van der Waals surface area contributed by atoms with E-state index in [1.807, 2.05) is 0 Å². The second-order valence-electron chi connectivity index (χ2n) is 9.42. The molecule has 0 radical (unpaired) electrons. The third kappa shape index (κ3) is 5.91. The van der Waals surface area contributed by atoms with Crippen LogP contribution in [0.3, 0.4) is 0 Å². The summed E-state index contributed by atoms with van der Waals surface area (Å²) in [5, 5.41) is 19.4. The van der Waals surface area contributed by atoms with Crippen molar-refractivity contribution in [3.05, 3.63) is 95.1 Å². The van der Waals surface area contributed by atoms with E-state index in [0.29, 0.717) is 43.0 Å². The fourth-order valence-electron chi connectivity index (χ4n) is 5.20. The molecule has 1 saturated heterocycles. The van der Waals surface area contributed by atoms with Gasteiger partial charge in [-0.3, -0.25) is 4.79 Å². The number of rotatable bonds is 11. The highest BCUT2D eigenvalue weighted by Gasteiger charge is 2.45. The molecule has 1 atom stereocenters. The lowest BCUT2D eigenvalue weighted by Gasteiger charge is -2.34. The molecule has 3 aromatic carbocycles. The maximum atomic E-state index is 13.7. The van der Waals surface area contributed by atoms with Gasteiger partial charge in [-0.05, 0) is 78.9 Å². The van der Waals surface area contributed by atoms with Crippen molar-refractivity contribution >= 4 is 11.8 Å². The summed E-state index contributed by atoms with van der Waals surface area (Å²) >= 11 is 0. The van der Waals surface area contributed by atoms with E-state index in [4.69, 9.17) is 14.6 Å². The van der Waals surface area contributed by atoms with Gasteiger partial charge in [0.2, 0.25) is 0 Å². The van der Waals surface area contributed by atoms with Crippen LogP contribution in [0, 0.1) is 28.9 Å². The summed E-state index contributed by atoms with van der Waals surface area (Å²) in [7, 11) is 1.41. The van der Waals surface area contributed by atoms with Gasteiger partial charge >= 0.3 is 5.97 Å². The molecule has 1 heterocycles. The number of nitrogens with zero attached hydrogens (tertiary/aromatic N) is 2. The van der Waals surface area contributed by atoms with Gasteiger partial charge in [0.15, 0.2) is 11.5 Å². The molecule has 1 unspecified atom stereocenters. The van der Waals surface area contributed by atoms with Crippen molar-refractivity contribution in [1.82, 2.24) is 4.90 Å². The average Bonchev–Trinajstić information content (AvgIpc) is 3.42. The Kier molecular flexibility index (Phi) is 8.57. The molecule has 0 spiro atoms. The fourth-order valence-corrected chi connectivity index (χ4v) is 5.20. The lowest BCUT2D eigenvalue weighted by Crippen LogP contribution is -2.37. The molecule has 3 aromatic rings. The molecule has 4 rings (SSSR count). The van der Waals surface area contributed by atoms with Crippen molar-refractivity contribution in [3.63, 3.8) is 0 Å². The van der Waals surface area contributed by atoms with E-state index in [-0.39, 0.29) is 17.2 Å². The van der Waals surface area contributed by atoms with E-state index in [1.54, 1.807) is 24.3 Å². The smallest absolute Gasteiger partial charge is 0.377 e. The summed E-state index contributed by atoms with van der Waals surface area (Å²) in [6, 6.07) is 18.6. The molecule has 0 aliphatic carbocycles. The molecule has 0 saturated carbocycles. The molecule has 1 aliphatic heterocycles. The highest BCUT2D eigenvalue weighted by Crippen LogP contribution is 2.43. The first-order chi connectivity index (χ1) is 18.8. The average molecular weight is 535 g/mol. The van der Waals surface area contributed by atoms with Crippen molar-refractivity contribution in [3.8, 4) is 17.6 Å². The van der Waals surface area contributed by atoms with E-state index in [2.05, 4.69) is 11.0 Å². The number of carboxylic acid groups (broad SMARTS) is 1. The number of ketones is 1. The zero-order valence-corrected chi connectivity index (χ0v) is 21.4. The molecular weight excluding hydrogens is 506 g/mol. The molecule has 1 aliphatic rings. The second kappa shape index (κ2) is 12.0. The molecule has 1 N–H and O–H groups in total. The van der Waals surface area contributed by atoms with Gasteiger partial charge in [-0.25, -0.2) is 13.6 Å². The first kappa shape index (κ1) is 27.7. The number of nitriles is 1. The zero-order valence-electron chi connectivity index (χ0n) is 21.4. The minimum atomic E-state index is -1.55. The van der Waals surface area contributed by atoms with Crippen molar-refractivity contribution in [2.75, 3.05) is 33.4 Å². The summed E-state index contributed by atoms with van der Waals surface area (Å²) in [4.78, 5) is 24.9. The first-order valence-electron chi connectivity index (χ1n) is 12.5. The van der Waals surface area contributed by atoms with Gasteiger partial charge in [0.05, 0.1) is 19.8 Å². The predicted octanol–water partition coefficient (Wildman–Crippen LogP) is 4.84. The topological polar surface area (TPSA) is 99.9 Å². The van der Waals surface area contributed by atoms with E-state index in [9.17, 15) is 23.6 Å². The van der Waals surface area contributed by atoms with Gasteiger partial charge < -0.3 is 19.5 Å². The van der Waals surface area contributed by atoms with Crippen molar-refractivity contribution in [2.24, 2.45) is 5.92 Å². The monoisotopic (exact) mass is 534 g/mol. The standard InChI is InChI=1S/C30H28F2N2O5/c1-38-27-17-20(28(35)29(36)37)3-12-26(27)39-16-2-14-34-15-13-23(18-34)30(19-33,21-4-8-24(31)9-5-21)22-6-10-25(32)11-7-22/h3-12,17,23H,2,13-16,18H2,1H3,(H,36,37). The second-order valence-corrected chi connectivity index (χ2v) is 9.42. The number of halogens is 2. The SMILES string of the molecule is COc1cc(C(=O)C(=O)O)ccc1OCCCN1CCC(C(C#N)(c2ccc(F)cc2)c2ccc(F)cc2)C1. The molecule has 1 fully saturated rings. The minimum absolute atomic E-state index is 0.00177. The zero-order chi connectivity index (χ0) is 28.0. The Bertz CT molecular complexity index is 1320. The molecule has 202 valence electrons. The fraction of sp³-hybridized carbons (Fsp3) is 0.300. The van der Waals surface area contributed by atoms with Gasteiger partial charge in [-0.2, -0.15) is 5.26 Å². The van der Waals surface area contributed by atoms with Crippen LogP contribution in [-0.2, 0) is 10.2 Å². The van der Waals surface area contributed by atoms with Crippen LogP contribution in [0.25, 0.3) is 0 Å². The van der Waals surface area contributed by atoms with Gasteiger partial charge in [-0.15, -0.1) is 0 Å². The number of Topliss-reactive ketones (excluding diaryl/α,β-unsaturated/α-hetero) is 1. The van der Waals surface area contributed by atoms with Gasteiger partial charge in [0.1, 0.15) is 17.0 Å². The number of hydrogen-bond donors (Lipinski definition) is 1. The van der Waals surface area contributed by atoms with Gasteiger partial charge in [0, 0.05) is 18.7 Å². The number of likely N-dealkylation sites (tertiary alicyclic amines) is 1. The van der Waals surface area contributed by atoms with Crippen LogP contribution in [0.2, 0.25) is 0 Å². The maximum Gasteiger partial charge on any atom is 0.377 e.